The second-order valence-corrected chi connectivity index (χ2v) is 7.25. The van der Waals surface area contributed by atoms with E-state index in [0.29, 0.717) is 19.0 Å². The zero-order valence-corrected chi connectivity index (χ0v) is 14.2. The van der Waals surface area contributed by atoms with E-state index in [1.165, 1.54) is 6.07 Å². The minimum Gasteiger partial charge on any atom is -0.381 e. The van der Waals surface area contributed by atoms with Crippen molar-refractivity contribution >= 4 is 5.91 Å². The Morgan fingerprint density at radius 1 is 1.29 bits per heavy atom. The average Bonchev–Trinajstić information content (AvgIpc) is 2.87. The van der Waals surface area contributed by atoms with Crippen LogP contribution >= 0.6 is 0 Å². The minimum atomic E-state index is -0.981. The summed E-state index contributed by atoms with van der Waals surface area (Å²) in [5, 5.41) is 0. The van der Waals surface area contributed by atoms with E-state index in [1.54, 1.807) is 4.90 Å². The van der Waals surface area contributed by atoms with Gasteiger partial charge in [-0.1, -0.05) is 0 Å². The molecule has 0 aromatic heterocycles. The molecule has 6 heteroatoms. The molecule has 3 rings (SSSR count). The van der Waals surface area contributed by atoms with Gasteiger partial charge in [0.15, 0.2) is 11.6 Å². The van der Waals surface area contributed by atoms with E-state index < -0.39 is 11.6 Å². The van der Waals surface area contributed by atoms with Gasteiger partial charge in [-0.25, -0.2) is 8.78 Å². The van der Waals surface area contributed by atoms with Crippen molar-refractivity contribution < 1.29 is 18.3 Å². The van der Waals surface area contributed by atoms with Gasteiger partial charge in [0.2, 0.25) is 0 Å². The van der Waals surface area contributed by atoms with Crippen LogP contribution in [0.4, 0.5) is 8.78 Å². The van der Waals surface area contributed by atoms with Gasteiger partial charge in [-0.3, -0.25) is 4.79 Å². The molecular weight excluding hydrogens is 314 g/mol. The second kappa shape index (κ2) is 6.76. The molecule has 2 aliphatic rings. The first-order valence-corrected chi connectivity index (χ1v) is 8.38. The van der Waals surface area contributed by atoms with Crippen LogP contribution in [0.2, 0.25) is 0 Å². The normalized spacial score (nSPS) is 23.2. The third-order valence-corrected chi connectivity index (χ3v) is 5.34. The average molecular weight is 338 g/mol. The monoisotopic (exact) mass is 338 g/mol. The lowest BCUT2D eigenvalue weighted by atomic mass is 9.72. The molecule has 1 aromatic carbocycles. The molecule has 1 atom stereocenters. The van der Waals surface area contributed by atoms with Crippen molar-refractivity contribution in [3.8, 4) is 0 Å². The third kappa shape index (κ3) is 3.30. The van der Waals surface area contributed by atoms with Crippen LogP contribution < -0.4 is 0 Å². The van der Waals surface area contributed by atoms with E-state index in [-0.39, 0.29) is 16.9 Å². The standard InChI is InChI=1S/C18H24F2N2O2/c1-21(2)10-14-11-22(12-18(14)5-7-24-8-6-18)17(23)13-3-4-15(19)16(20)9-13/h3-4,9,14H,5-8,10-12H2,1-2H3. The van der Waals surface area contributed by atoms with Gasteiger partial charge >= 0.3 is 0 Å². The van der Waals surface area contributed by atoms with E-state index in [2.05, 4.69) is 4.90 Å². The highest BCUT2D eigenvalue weighted by molar-refractivity contribution is 5.94. The summed E-state index contributed by atoms with van der Waals surface area (Å²) >= 11 is 0. The summed E-state index contributed by atoms with van der Waals surface area (Å²) in [5.74, 6) is -1.77. The minimum absolute atomic E-state index is 0.0662. The van der Waals surface area contributed by atoms with Gasteiger partial charge < -0.3 is 14.5 Å². The van der Waals surface area contributed by atoms with Gasteiger partial charge in [0.25, 0.3) is 5.91 Å². The zero-order chi connectivity index (χ0) is 17.3. The number of ether oxygens (including phenoxy) is 1. The number of carbonyl (C=O) groups is 1. The summed E-state index contributed by atoms with van der Waals surface area (Å²) in [6.45, 7) is 3.65. The molecule has 24 heavy (non-hydrogen) atoms. The van der Waals surface area contributed by atoms with Crippen molar-refractivity contribution in [3.63, 3.8) is 0 Å². The molecule has 0 N–H and O–H groups in total. The predicted molar refractivity (Wildman–Crippen MR) is 86.8 cm³/mol. The number of rotatable bonds is 3. The van der Waals surface area contributed by atoms with E-state index in [1.807, 2.05) is 14.1 Å². The number of amides is 1. The number of likely N-dealkylation sites (tertiary alicyclic amines) is 1. The topological polar surface area (TPSA) is 32.8 Å². The molecular formula is C18H24F2N2O2. The Morgan fingerprint density at radius 3 is 2.62 bits per heavy atom. The zero-order valence-electron chi connectivity index (χ0n) is 14.2. The van der Waals surface area contributed by atoms with Crippen LogP contribution in [0, 0.1) is 23.0 Å². The van der Waals surface area contributed by atoms with E-state index in [9.17, 15) is 13.6 Å². The largest absolute Gasteiger partial charge is 0.381 e. The first kappa shape index (κ1) is 17.3. The summed E-state index contributed by atoms with van der Waals surface area (Å²) in [7, 11) is 4.07. The van der Waals surface area contributed by atoms with Crippen molar-refractivity contribution in [2.45, 2.75) is 12.8 Å². The molecule has 0 saturated carbocycles. The Bertz CT molecular complexity index is 615. The number of nitrogens with zero attached hydrogens (tertiary/aromatic N) is 2. The Labute approximate surface area is 141 Å². The molecule has 0 radical (unpaired) electrons. The fraction of sp³-hybridized carbons (Fsp3) is 0.611. The maximum Gasteiger partial charge on any atom is 0.253 e. The lowest BCUT2D eigenvalue weighted by Crippen LogP contribution is -2.40. The molecule has 2 fully saturated rings. The van der Waals surface area contributed by atoms with Crippen LogP contribution in [0.5, 0.6) is 0 Å². The highest BCUT2D eigenvalue weighted by Crippen LogP contribution is 2.44. The SMILES string of the molecule is CN(C)CC1CN(C(=O)c2ccc(F)c(F)c2)CC12CCOCC2. The molecule has 0 bridgehead atoms. The number of carbonyl (C=O) groups excluding carboxylic acids is 1. The smallest absolute Gasteiger partial charge is 0.253 e. The Morgan fingerprint density at radius 2 is 2.00 bits per heavy atom. The first-order chi connectivity index (χ1) is 11.4. The number of hydrogen-bond acceptors (Lipinski definition) is 3. The quantitative estimate of drug-likeness (QED) is 0.848. The summed E-state index contributed by atoms with van der Waals surface area (Å²) in [6, 6.07) is 3.37. The summed E-state index contributed by atoms with van der Waals surface area (Å²) in [6.07, 6.45) is 1.88. The molecule has 1 amide bonds. The number of benzene rings is 1. The maximum atomic E-state index is 13.5. The van der Waals surface area contributed by atoms with Crippen molar-refractivity contribution in [3.05, 3.63) is 35.4 Å². The van der Waals surface area contributed by atoms with E-state index >= 15 is 0 Å². The van der Waals surface area contributed by atoms with Crippen LogP contribution in [0.3, 0.4) is 0 Å². The molecule has 2 heterocycles. The second-order valence-electron chi connectivity index (χ2n) is 7.25. The molecule has 1 unspecified atom stereocenters. The van der Waals surface area contributed by atoms with E-state index in [0.717, 1.165) is 44.7 Å². The van der Waals surface area contributed by atoms with Crippen LogP contribution in [0.25, 0.3) is 0 Å². The van der Waals surface area contributed by atoms with Gasteiger partial charge in [0.1, 0.15) is 0 Å². The van der Waals surface area contributed by atoms with Crippen molar-refractivity contribution in [2.75, 3.05) is 46.9 Å². The summed E-state index contributed by atoms with van der Waals surface area (Å²) < 4.78 is 32.1. The molecule has 1 spiro atoms. The van der Waals surface area contributed by atoms with Gasteiger partial charge in [0, 0.05) is 38.4 Å². The molecule has 4 nitrogen and oxygen atoms in total. The fourth-order valence-corrected chi connectivity index (χ4v) is 4.04. The number of halogens is 2. The van der Waals surface area contributed by atoms with Gasteiger partial charge in [-0.15, -0.1) is 0 Å². The first-order valence-electron chi connectivity index (χ1n) is 8.38. The highest BCUT2D eigenvalue weighted by atomic mass is 19.2. The van der Waals surface area contributed by atoms with E-state index in [4.69, 9.17) is 4.74 Å². The van der Waals surface area contributed by atoms with Gasteiger partial charge in [-0.2, -0.15) is 0 Å². The molecule has 0 aliphatic carbocycles. The summed E-state index contributed by atoms with van der Waals surface area (Å²) in [5.41, 5.74) is 0.276. The highest BCUT2D eigenvalue weighted by Gasteiger charge is 2.48. The molecule has 132 valence electrons. The van der Waals surface area contributed by atoms with Gasteiger partial charge in [-0.05, 0) is 56.5 Å². The molecule has 2 aliphatic heterocycles. The Kier molecular flexibility index (Phi) is 4.88. The Balaban J connectivity index is 1.81. The third-order valence-electron chi connectivity index (χ3n) is 5.34. The lowest BCUT2D eigenvalue weighted by molar-refractivity contribution is -0.00451. The van der Waals surface area contributed by atoms with Crippen molar-refractivity contribution in [1.82, 2.24) is 9.80 Å². The van der Waals surface area contributed by atoms with Crippen LogP contribution in [0.15, 0.2) is 18.2 Å². The van der Waals surface area contributed by atoms with Crippen molar-refractivity contribution in [2.24, 2.45) is 11.3 Å². The maximum absolute atomic E-state index is 13.5. The fourth-order valence-electron chi connectivity index (χ4n) is 4.04. The Hall–Kier alpha value is -1.53. The molecule has 1 aromatic rings. The lowest BCUT2D eigenvalue weighted by Gasteiger charge is -2.38. The van der Waals surface area contributed by atoms with Crippen LogP contribution in [-0.2, 0) is 4.74 Å². The molecule has 2 saturated heterocycles. The van der Waals surface area contributed by atoms with Crippen LogP contribution in [-0.4, -0.2) is 62.7 Å². The van der Waals surface area contributed by atoms with Crippen LogP contribution in [0.1, 0.15) is 23.2 Å². The van der Waals surface area contributed by atoms with Crippen molar-refractivity contribution in [1.29, 1.82) is 0 Å². The summed E-state index contributed by atoms with van der Waals surface area (Å²) in [4.78, 5) is 16.7. The predicted octanol–water partition coefficient (Wildman–Crippen LogP) is 2.40. The number of hydrogen-bond donors (Lipinski definition) is 0. The van der Waals surface area contributed by atoms with Gasteiger partial charge in [0.05, 0.1) is 0 Å².